The van der Waals surface area contributed by atoms with Crippen LogP contribution in [0.5, 0.6) is 0 Å². The van der Waals surface area contributed by atoms with Gasteiger partial charge in [-0.25, -0.2) is 0 Å². The molecule has 2 saturated carbocycles. The number of hydrogen-bond acceptors (Lipinski definition) is 3. The van der Waals surface area contributed by atoms with Crippen molar-refractivity contribution in [2.24, 2.45) is 10.8 Å². The van der Waals surface area contributed by atoms with Crippen LogP contribution in [-0.4, -0.2) is 13.1 Å². The molecule has 2 fully saturated rings. The SMILES string of the molecule is COC(=O)C12CCCC(C#N)(CC1)C2. The minimum Gasteiger partial charge on any atom is -0.469 e. The second kappa shape index (κ2) is 2.98. The van der Waals surface area contributed by atoms with E-state index < -0.39 is 0 Å². The molecule has 0 aliphatic heterocycles. The van der Waals surface area contributed by atoms with E-state index in [1.165, 1.54) is 7.11 Å². The second-order valence-electron chi connectivity index (χ2n) is 4.69. The normalized spacial score (nSPS) is 40.3. The number of fused-ring (bicyclic) bond motifs is 2. The molecule has 2 aliphatic rings. The van der Waals surface area contributed by atoms with E-state index in [0.29, 0.717) is 0 Å². The Labute approximate surface area is 84.0 Å². The number of esters is 1. The fourth-order valence-electron chi connectivity index (χ4n) is 3.14. The molecule has 3 nitrogen and oxygen atoms in total. The largest absolute Gasteiger partial charge is 0.469 e. The minimum absolute atomic E-state index is 0.102. The molecular formula is C11H15NO2. The highest BCUT2D eigenvalue weighted by atomic mass is 16.5. The van der Waals surface area contributed by atoms with Gasteiger partial charge < -0.3 is 4.74 Å². The molecule has 0 heterocycles. The third-order valence-corrected chi connectivity index (χ3v) is 3.93. The van der Waals surface area contributed by atoms with E-state index in [1.54, 1.807) is 0 Å². The number of carbonyl (C=O) groups excluding carboxylic acids is 1. The molecule has 0 aromatic carbocycles. The Morgan fingerprint density at radius 2 is 2.14 bits per heavy atom. The lowest BCUT2D eigenvalue weighted by molar-refractivity contribution is -0.154. The molecule has 2 rings (SSSR count). The van der Waals surface area contributed by atoms with Crippen LogP contribution in [0.1, 0.15) is 38.5 Å². The molecule has 0 N–H and O–H groups in total. The average molecular weight is 193 g/mol. The van der Waals surface area contributed by atoms with E-state index in [0.717, 1.165) is 38.5 Å². The Bertz CT molecular complexity index is 307. The van der Waals surface area contributed by atoms with Crippen LogP contribution in [0.2, 0.25) is 0 Å². The number of nitrogens with zero attached hydrogens (tertiary/aromatic N) is 1. The summed E-state index contributed by atoms with van der Waals surface area (Å²) in [4.78, 5) is 11.7. The van der Waals surface area contributed by atoms with Crippen molar-refractivity contribution in [3.8, 4) is 6.07 Å². The van der Waals surface area contributed by atoms with Gasteiger partial charge in [-0.05, 0) is 32.1 Å². The Morgan fingerprint density at radius 1 is 1.36 bits per heavy atom. The maximum Gasteiger partial charge on any atom is 0.311 e. The zero-order chi connectivity index (χ0) is 10.2. The van der Waals surface area contributed by atoms with Gasteiger partial charge in [0.05, 0.1) is 24.0 Å². The van der Waals surface area contributed by atoms with Crippen molar-refractivity contribution in [2.45, 2.75) is 38.5 Å². The lowest BCUT2D eigenvalue weighted by atomic mass is 9.70. The highest BCUT2D eigenvalue weighted by Crippen LogP contribution is 2.58. The average Bonchev–Trinajstić information content (AvgIpc) is 2.51. The van der Waals surface area contributed by atoms with Gasteiger partial charge >= 0.3 is 5.97 Å². The van der Waals surface area contributed by atoms with Crippen molar-refractivity contribution in [3.63, 3.8) is 0 Å². The smallest absolute Gasteiger partial charge is 0.311 e. The molecule has 2 aliphatic carbocycles. The van der Waals surface area contributed by atoms with Crippen LogP contribution in [-0.2, 0) is 9.53 Å². The Balaban J connectivity index is 2.26. The van der Waals surface area contributed by atoms with Crippen molar-refractivity contribution in [2.75, 3.05) is 7.11 Å². The molecule has 2 atom stereocenters. The van der Waals surface area contributed by atoms with Gasteiger partial charge in [0.1, 0.15) is 0 Å². The molecule has 2 unspecified atom stereocenters. The van der Waals surface area contributed by atoms with Gasteiger partial charge in [-0.3, -0.25) is 4.79 Å². The number of carbonyl (C=O) groups is 1. The first-order chi connectivity index (χ1) is 6.66. The zero-order valence-electron chi connectivity index (χ0n) is 8.51. The summed E-state index contributed by atoms with van der Waals surface area (Å²) in [5.41, 5.74) is -0.533. The van der Waals surface area contributed by atoms with Gasteiger partial charge in [-0.1, -0.05) is 6.42 Å². The van der Waals surface area contributed by atoms with Crippen LogP contribution in [0, 0.1) is 22.2 Å². The molecule has 0 radical (unpaired) electrons. The number of ether oxygens (including phenoxy) is 1. The molecule has 0 aromatic heterocycles. The van der Waals surface area contributed by atoms with Crippen LogP contribution in [0.3, 0.4) is 0 Å². The van der Waals surface area contributed by atoms with Gasteiger partial charge in [-0.15, -0.1) is 0 Å². The van der Waals surface area contributed by atoms with E-state index in [4.69, 9.17) is 10.00 Å². The van der Waals surface area contributed by atoms with Crippen LogP contribution < -0.4 is 0 Å². The predicted octanol–water partition coefficient (Wildman–Crippen LogP) is 2.02. The topological polar surface area (TPSA) is 50.1 Å². The number of hydrogen-bond donors (Lipinski definition) is 0. The Hall–Kier alpha value is -1.04. The summed E-state index contributed by atoms with van der Waals surface area (Å²) >= 11 is 0. The summed E-state index contributed by atoms with van der Waals surface area (Å²) in [6.07, 6.45) is 5.29. The standard InChI is InChI=1S/C11H15NO2/c1-14-9(13)11-4-2-3-10(7-11,8-12)5-6-11/h2-7H2,1H3. The lowest BCUT2D eigenvalue weighted by Crippen LogP contribution is -2.34. The zero-order valence-corrected chi connectivity index (χ0v) is 8.51. The van der Waals surface area contributed by atoms with Crippen LogP contribution >= 0.6 is 0 Å². The van der Waals surface area contributed by atoms with E-state index in [1.807, 2.05) is 0 Å². The quantitative estimate of drug-likeness (QED) is 0.598. The molecular weight excluding hydrogens is 178 g/mol. The first-order valence-electron chi connectivity index (χ1n) is 5.16. The van der Waals surface area contributed by atoms with Crippen molar-refractivity contribution >= 4 is 5.97 Å². The molecule has 0 aromatic rings. The van der Waals surface area contributed by atoms with Gasteiger partial charge in [0.2, 0.25) is 0 Å². The highest BCUT2D eigenvalue weighted by molar-refractivity contribution is 5.77. The predicted molar refractivity (Wildman–Crippen MR) is 50.2 cm³/mol. The summed E-state index contributed by atoms with van der Waals surface area (Å²) in [7, 11) is 1.44. The fourth-order valence-corrected chi connectivity index (χ4v) is 3.14. The number of nitriles is 1. The fraction of sp³-hybridized carbons (Fsp3) is 0.818. The maximum absolute atomic E-state index is 11.7. The van der Waals surface area contributed by atoms with Gasteiger partial charge in [0.15, 0.2) is 0 Å². The molecule has 76 valence electrons. The van der Waals surface area contributed by atoms with Crippen molar-refractivity contribution in [3.05, 3.63) is 0 Å². The van der Waals surface area contributed by atoms with E-state index in [2.05, 4.69) is 6.07 Å². The minimum atomic E-state index is -0.317. The lowest BCUT2D eigenvalue weighted by Gasteiger charge is -2.33. The first-order valence-corrected chi connectivity index (χ1v) is 5.16. The molecule has 14 heavy (non-hydrogen) atoms. The van der Waals surface area contributed by atoms with E-state index in [-0.39, 0.29) is 16.8 Å². The Kier molecular flexibility index (Phi) is 2.02. The highest BCUT2D eigenvalue weighted by Gasteiger charge is 2.55. The van der Waals surface area contributed by atoms with Gasteiger partial charge in [0.25, 0.3) is 0 Å². The van der Waals surface area contributed by atoms with E-state index >= 15 is 0 Å². The molecule has 3 heteroatoms. The number of methoxy groups -OCH3 is 1. The summed E-state index contributed by atoms with van der Waals surface area (Å²) in [5.74, 6) is -0.102. The molecule has 2 bridgehead atoms. The van der Waals surface area contributed by atoms with Crippen molar-refractivity contribution in [1.82, 2.24) is 0 Å². The van der Waals surface area contributed by atoms with Crippen molar-refractivity contribution in [1.29, 1.82) is 5.26 Å². The number of rotatable bonds is 1. The van der Waals surface area contributed by atoms with Gasteiger partial charge in [0, 0.05) is 0 Å². The Morgan fingerprint density at radius 3 is 2.79 bits per heavy atom. The first kappa shape index (κ1) is 9.51. The molecule has 0 spiro atoms. The monoisotopic (exact) mass is 193 g/mol. The van der Waals surface area contributed by atoms with Crippen LogP contribution in [0.15, 0.2) is 0 Å². The van der Waals surface area contributed by atoms with Crippen LogP contribution in [0.25, 0.3) is 0 Å². The van der Waals surface area contributed by atoms with Gasteiger partial charge in [-0.2, -0.15) is 5.26 Å². The van der Waals surface area contributed by atoms with E-state index in [9.17, 15) is 4.79 Å². The summed E-state index contributed by atoms with van der Waals surface area (Å²) in [5, 5.41) is 9.14. The maximum atomic E-state index is 11.7. The third-order valence-electron chi connectivity index (χ3n) is 3.93. The second-order valence-corrected chi connectivity index (χ2v) is 4.69. The molecule has 0 amide bonds. The summed E-state index contributed by atoms with van der Waals surface area (Å²) in [6, 6.07) is 2.40. The third kappa shape index (κ3) is 1.13. The van der Waals surface area contributed by atoms with Crippen molar-refractivity contribution < 1.29 is 9.53 Å². The summed E-state index contributed by atoms with van der Waals surface area (Å²) < 4.78 is 4.85. The molecule has 0 saturated heterocycles. The summed E-state index contributed by atoms with van der Waals surface area (Å²) in [6.45, 7) is 0. The van der Waals surface area contributed by atoms with Crippen LogP contribution in [0.4, 0.5) is 0 Å².